The summed E-state index contributed by atoms with van der Waals surface area (Å²) in [5.74, 6) is 0. The molecular formula is C17H18N6. The molecule has 1 aliphatic rings. The molecular weight excluding hydrogens is 288 g/mol. The molecule has 23 heavy (non-hydrogen) atoms. The zero-order chi connectivity index (χ0) is 15.5. The van der Waals surface area contributed by atoms with Crippen LogP contribution in [-0.4, -0.2) is 51.2 Å². The summed E-state index contributed by atoms with van der Waals surface area (Å²) in [6.45, 7) is 4.95. The molecule has 4 rings (SSSR count). The first-order valence-electron chi connectivity index (χ1n) is 7.82. The molecule has 6 nitrogen and oxygen atoms in total. The van der Waals surface area contributed by atoms with E-state index in [1.807, 2.05) is 18.3 Å². The van der Waals surface area contributed by atoms with Gasteiger partial charge in [-0.05, 0) is 30.3 Å². The Bertz CT molecular complexity index is 783. The van der Waals surface area contributed by atoms with E-state index in [1.54, 1.807) is 12.5 Å². The minimum absolute atomic E-state index is 0.868. The van der Waals surface area contributed by atoms with Crippen molar-refractivity contribution in [2.75, 3.05) is 31.1 Å². The van der Waals surface area contributed by atoms with E-state index in [2.05, 4.69) is 48.2 Å². The highest BCUT2D eigenvalue weighted by molar-refractivity contribution is 5.81. The number of piperazine rings is 1. The molecule has 3 heterocycles. The molecule has 1 aliphatic heterocycles. The van der Waals surface area contributed by atoms with E-state index in [0.717, 1.165) is 49.3 Å². The first-order chi connectivity index (χ1) is 11.4. The zero-order valence-corrected chi connectivity index (χ0v) is 12.8. The van der Waals surface area contributed by atoms with E-state index >= 15 is 0 Å². The predicted molar refractivity (Wildman–Crippen MR) is 89.1 cm³/mol. The molecule has 0 radical (unpaired) electrons. The molecule has 0 spiro atoms. The van der Waals surface area contributed by atoms with Crippen LogP contribution < -0.4 is 4.90 Å². The molecule has 3 aromatic rings. The van der Waals surface area contributed by atoms with Gasteiger partial charge in [-0.25, -0.2) is 9.97 Å². The van der Waals surface area contributed by atoms with Crippen LogP contribution in [0, 0.1) is 0 Å². The maximum Gasteiger partial charge on any atom is 0.116 e. The Morgan fingerprint density at radius 2 is 1.96 bits per heavy atom. The predicted octanol–water partition coefficient (Wildman–Crippen LogP) is 1.74. The third-order valence-electron chi connectivity index (χ3n) is 4.24. The summed E-state index contributed by atoms with van der Waals surface area (Å²) in [6.07, 6.45) is 5.17. The number of nitrogens with zero attached hydrogens (tertiary/aromatic N) is 6. The fourth-order valence-electron chi connectivity index (χ4n) is 2.98. The van der Waals surface area contributed by atoms with Crippen LogP contribution in [0.1, 0.15) is 5.69 Å². The van der Waals surface area contributed by atoms with Gasteiger partial charge >= 0.3 is 0 Å². The van der Waals surface area contributed by atoms with E-state index in [4.69, 9.17) is 0 Å². The fourth-order valence-corrected chi connectivity index (χ4v) is 2.98. The summed E-state index contributed by atoms with van der Waals surface area (Å²) >= 11 is 0. The van der Waals surface area contributed by atoms with Crippen molar-refractivity contribution in [3.05, 3.63) is 54.7 Å². The monoisotopic (exact) mass is 306 g/mol. The van der Waals surface area contributed by atoms with Crippen LogP contribution in [0.4, 0.5) is 5.69 Å². The Morgan fingerprint density at radius 3 is 2.78 bits per heavy atom. The topological polar surface area (TPSA) is 58.0 Å². The van der Waals surface area contributed by atoms with Crippen molar-refractivity contribution in [1.82, 2.24) is 25.1 Å². The molecule has 0 atom stereocenters. The van der Waals surface area contributed by atoms with Gasteiger partial charge in [0.1, 0.15) is 6.33 Å². The Kier molecular flexibility index (Phi) is 3.81. The maximum absolute atomic E-state index is 4.28. The smallest absolute Gasteiger partial charge is 0.116 e. The highest BCUT2D eigenvalue weighted by Crippen LogP contribution is 2.21. The van der Waals surface area contributed by atoms with Gasteiger partial charge < -0.3 is 4.90 Å². The van der Waals surface area contributed by atoms with Crippen molar-refractivity contribution in [2.24, 2.45) is 0 Å². The second-order valence-corrected chi connectivity index (χ2v) is 5.74. The third kappa shape index (κ3) is 3.12. The maximum atomic E-state index is 4.28. The molecule has 0 unspecified atom stereocenters. The van der Waals surface area contributed by atoms with Crippen molar-refractivity contribution >= 4 is 16.6 Å². The first kappa shape index (κ1) is 14.0. The Hall–Kier alpha value is -2.60. The lowest BCUT2D eigenvalue weighted by Crippen LogP contribution is -2.46. The van der Waals surface area contributed by atoms with Crippen LogP contribution >= 0.6 is 0 Å². The number of hydrogen-bond donors (Lipinski definition) is 0. The molecule has 0 saturated carbocycles. The molecule has 0 aliphatic carbocycles. The quantitative estimate of drug-likeness (QED) is 0.735. The normalized spacial score (nSPS) is 15.9. The van der Waals surface area contributed by atoms with Gasteiger partial charge in [0.25, 0.3) is 0 Å². The van der Waals surface area contributed by atoms with Crippen molar-refractivity contribution < 1.29 is 0 Å². The summed E-state index contributed by atoms with van der Waals surface area (Å²) in [5, 5.41) is 9.20. The molecule has 1 aromatic carbocycles. The van der Waals surface area contributed by atoms with Crippen LogP contribution in [0.3, 0.4) is 0 Å². The number of anilines is 1. The van der Waals surface area contributed by atoms with Crippen molar-refractivity contribution in [3.63, 3.8) is 0 Å². The van der Waals surface area contributed by atoms with Crippen LogP contribution in [0.2, 0.25) is 0 Å². The highest BCUT2D eigenvalue weighted by Gasteiger charge is 2.18. The Balaban J connectivity index is 1.42. The lowest BCUT2D eigenvalue weighted by molar-refractivity contribution is 0.246. The lowest BCUT2D eigenvalue weighted by atomic mass is 10.2. The molecule has 6 heteroatoms. The molecule has 1 saturated heterocycles. The van der Waals surface area contributed by atoms with Crippen LogP contribution in [0.25, 0.3) is 10.9 Å². The van der Waals surface area contributed by atoms with E-state index in [-0.39, 0.29) is 0 Å². The van der Waals surface area contributed by atoms with Gasteiger partial charge in [-0.2, -0.15) is 10.2 Å². The van der Waals surface area contributed by atoms with Gasteiger partial charge in [0.05, 0.1) is 11.2 Å². The van der Waals surface area contributed by atoms with Crippen LogP contribution in [0.5, 0.6) is 0 Å². The zero-order valence-electron chi connectivity index (χ0n) is 12.8. The largest absolute Gasteiger partial charge is 0.369 e. The van der Waals surface area contributed by atoms with Crippen LogP contribution in [0.15, 0.2) is 49.1 Å². The van der Waals surface area contributed by atoms with Gasteiger partial charge in [-0.15, -0.1) is 0 Å². The first-order valence-corrected chi connectivity index (χ1v) is 7.82. The average molecular weight is 306 g/mol. The SMILES string of the molecule is c1cnnc(CN2CCN(c3ccc4ncncc4c3)CC2)c1. The van der Waals surface area contributed by atoms with E-state index < -0.39 is 0 Å². The molecule has 0 N–H and O–H groups in total. The molecule has 0 bridgehead atoms. The molecule has 0 amide bonds. The molecule has 2 aromatic heterocycles. The summed E-state index contributed by atoms with van der Waals surface area (Å²) in [5.41, 5.74) is 3.26. The highest BCUT2D eigenvalue weighted by atomic mass is 15.3. The van der Waals surface area contributed by atoms with E-state index in [9.17, 15) is 0 Å². The number of aromatic nitrogens is 4. The summed E-state index contributed by atoms with van der Waals surface area (Å²) in [4.78, 5) is 13.2. The molecule has 1 fully saturated rings. The lowest BCUT2D eigenvalue weighted by Gasteiger charge is -2.36. The fraction of sp³-hybridized carbons (Fsp3) is 0.294. The second-order valence-electron chi connectivity index (χ2n) is 5.74. The number of rotatable bonds is 3. The molecule has 116 valence electrons. The van der Waals surface area contributed by atoms with E-state index in [1.165, 1.54) is 5.69 Å². The Morgan fingerprint density at radius 1 is 1.04 bits per heavy atom. The van der Waals surface area contributed by atoms with Gasteiger partial charge in [0.2, 0.25) is 0 Å². The standard InChI is InChI=1S/C17H18N6/c1-2-15(21-20-5-1)12-22-6-8-23(9-7-22)16-3-4-17-14(10-16)11-18-13-19-17/h1-5,10-11,13H,6-9,12H2. The average Bonchev–Trinajstić information content (AvgIpc) is 2.63. The summed E-state index contributed by atoms with van der Waals surface area (Å²) in [7, 11) is 0. The van der Waals surface area contributed by atoms with Gasteiger partial charge in [-0.3, -0.25) is 4.90 Å². The minimum atomic E-state index is 0.868. The van der Waals surface area contributed by atoms with Crippen molar-refractivity contribution in [2.45, 2.75) is 6.54 Å². The number of fused-ring (bicyclic) bond motifs is 1. The second kappa shape index (κ2) is 6.26. The Labute approximate surface area is 134 Å². The van der Waals surface area contributed by atoms with Crippen molar-refractivity contribution in [1.29, 1.82) is 0 Å². The number of hydrogen-bond acceptors (Lipinski definition) is 6. The minimum Gasteiger partial charge on any atom is -0.369 e. The van der Waals surface area contributed by atoms with E-state index in [0.29, 0.717) is 0 Å². The third-order valence-corrected chi connectivity index (χ3v) is 4.24. The van der Waals surface area contributed by atoms with Gasteiger partial charge in [-0.1, -0.05) is 0 Å². The van der Waals surface area contributed by atoms with Crippen LogP contribution in [-0.2, 0) is 6.54 Å². The van der Waals surface area contributed by atoms with Crippen molar-refractivity contribution in [3.8, 4) is 0 Å². The number of benzene rings is 1. The van der Waals surface area contributed by atoms with Gasteiger partial charge in [0.15, 0.2) is 0 Å². The summed E-state index contributed by atoms with van der Waals surface area (Å²) < 4.78 is 0. The van der Waals surface area contributed by atoms with Gasteiger partial charge in [0, 0.05) is 56.2 Å². The summed E-state index contributed by atoms with van der Waals surface area (Å²) in [6, 6.07) is 10.4.